The van der Waals surface area contributed by atoms with Crippen molar-refractivity contribution in [1.29, 1.82) is 0 Å². The molecule has 0 unspecified atom stereocenters. The van der Waals surface area contributed by atoms with Gasteiger partial charge in [-0.15, -0.1) is 0 Å². The van der Waals surface area contributed by atoms with Crippen LogP contribution in [0.25, 0.3) is 22.3 Å². The van der Waals surface area contributed by atoms with E-state index in [9.17, 15) is 9.18 Å². The number of benzene rings is 1. The Balaban J connectivity index is 1.84. The molecule has 0 aliphatic carbocycles. The average molecular weight is 436 g/mol. The molecule has 0 atom stereocenters. The highest BCUT2D eigenvalue weighted by atomic mass is 35.5. The van der Waals surface area contributed by atoms with Crippen LogP contribution in [0.5, 0.6) is 0 Å². The first kappa shape index (κ1) is 20.7. The zero-order chi connectivity index (χ0) is 22.0. The molecule has 1 amide bonds. The van der Waals surface area contributed by atoms with Gasteiger partial charge in [-0.25, -0.2) is 14.4 Å². The van der Waals surface area contributed by atoms with Crippen LogP contribution in [0.15, 0.2) is 61.1 Å². The largest absolute Gasteiger partial charge is 0.354 e. The zero-order valence-electron chi connectivity index (χ0n) is 16.9. The highest BCUT2D eigenvalue weighted by Crippen LogP contribution is 2.32. The Morgan fingerprint density at radius 3 is 2.74 bits per heavy atom. The second-order valence-electron chi connectivity index (χ2n) is 7.23. The third-order valence-corrected chi connectivity index (χ3v) is 4.78. The van der Waals surface area contributed by atoms with Crippen LogP contribution in [-0.4, -0.2) is 26.9 Å². The number of anilines is 2. The van der Waals surface area contributed by atoms with Crippen LogP contribution < -0.4 is 10.6 Å². The Morgan fingerprint density at radius 1 is 1.10 bits per heavy atom. The first-order valence-electron chi connectivity index (χ1n) is 9.65. The Morgan fingerprint density at radius 2 is 1.94 bits per heavy atom. The number of aromatic nitrogens is 3. The van der Waals surface area contributed by atoms with Gasteiger partial charge in [0.05, 0.1) is 22.6 Å². The van der Waals surface area contributed by atoms with Gasteiger partial charge in [0.15, 0.2) is 5.65 Å². The standard InChI is InChI=1S/C23H19ClFN5O/c1-13(2)28-23(31)17-12-26-9-7-19(17)29-20-11-21(16-10-14(24)5-6-18(16)25)30-22-15(20)4-3-8-27-22/h3-13H,1-2H3,(H,28,31)(H,26,27,29,30). The summed E-state index contributed by atoms with van der Waals surface area (Å²) in [4.78, 5) is 25.5. The number of carbonyl (C=O) groups excluding carboxylic acids is 1. The van der Waals surface area contributed by atoms with E-state index in [0.717, 1.165) is 5.39 Å². The molecule has 8 heteroatoms. The van der Waals surface area contributed by atoms with E-state index in [4.69, 9.17) is 11.6 Å². The third-order valence-electron chi connectivity index (χ3n) is 4.54. The van der Waals surface area contributed by atoms with E-state index in [0.29, 0.717) is 33.3 Å². The lowest BCUT2D eigenvalue weighted by atomic mass is 10.1. The molecule has 0 aliphatic rings. The van der Waals surface area contributed by atoms with Crippen LogP contribution in [0.2, 0.25) is 5.02 Å². The van der Waals surface area contributed by atoms with Gasteiger partial charge in [-0.05, 0) is 56.3 Å². The molecule has 31 heavy (non-hydrogen) atoms. The molecule has 2 N–H and O–H groups in total. The maximum absolute atomic E-state index is 14.5. The Bertz CT molecular complexity index is 1280. The van der Waals surface area contributed by atoms with Gasteiger partial charge >= 0.3 is 0 Å². The average Bonchev–Trinajstić information content (AvgIpc) is 2.75. The second kappa shape index (κ2) is 8.65. The molecule has 0 aliphatic heterocycles. The number of hydrogen-bond acceptors (Lipinski definition) is 5. The van der Waals surface area contributed by atoms with E-state index in [1.807, 2.05) is 19.9 Å². The van der Waals surface area contributed by atoms with Gasteiger partial charge in [0.2, 0.25) is 0 Å². The van der Waals surface area contributed by atoms with E-state index in [2.05, 4.69) is 25.6 Å². The number of nitrogens with zero attached hydrogens (tertiary/aromatic N) is 3. The molecule has 3 heterocycles. The first-order chi connectivity index (χ1) is 14.9. The summed E-state index contributed by atoms with van der Waals surface area (Å²) in [6.45, 7) is 3.77. The predicted octanol–water partition coefficient (Wildman–Crippen LogP) is 5.37. The van der Waals surface area contributed by atoms with E-state index in [1.165, 1.54) is 24.4 Å². The highest BCUT2D eigenvalue weighted by Gasteiger charge is 2.16. The lowest BCUT2D eigenvalue weighted by molar-refractivity contribution is 0.0943. The van der Waals surface area contributed by atoms with Crippen LogP contribution in [0.1, 0.15) is 24.2 Å². The molecule has 0 radical (unpaired) electrons. The molecule has 3 aromatic heterocycles. The van der Waals surface area contributed by atoms with Gasteiger partial charge in [-0.2, -0.15) is 0 Å². The number of halogens is 2. The minimum Gasteiger partial charge on any atom is -0.354 e. The van der Waals surface area contributed by atoms with E-state index >= 15 is 0 Å². The lowest BCUT2D eigenvalue weighted by Gasteiger charge is -2.15. The number of pyridine rings is 3. The number of nitrogens with one attached hydrogen (secondary N) is 2. The first-order valence-corrected chi connectivity index (χ1v) is 10.0. The monoisotopic (exact) mass is 435 g/mol. The van der Waals surface area contributed by atoms with Gasteiger partial charge in [0.1, 0.15) is 5.82 Å². The fraction of sp³-hybridized carbons (Fsp3) is 0.130. The van der Waals surface area contributed by atoms with Gasteiger partial charge in [-0.3, -0.25) is 9.78 Å². The number of carbonyl (C=O) groups is 1. The molecule has 0 saturated carbocycles. The summed E-state index contributed by atoms with van der Waals surface area (Å²) in [6, 6.07) is 11.3. The Hall–Kier alpha value is -3.58. The van der Waals surface area contributed by atoms with Crippen molar-refractivity contribution >= 4 is 39.9 Å². The molecule has 0 saturated heterocycles. The summed E-state index contributed by atoms with van der Waals surface area (Å²) >= 11 is 6.07. The topological polar surface area (TPSA) is 79.8 Å². The molecular formula is C23H19ClFN5O. The third kappa shape index (κ3) is 4.46. The molecule has 4 rings (SSSR count). The van der Waals surface area contributed by atoms with Crippen LogP contribution in [0.3, 0.4) is 0 Å². The summed E-state index contributed by atoms with van der Waals surface area (Å²) in [6.07, 6.45) is 4.71. The Kier molecular flexibility index (Phi) is 5.77. The lowest BCUT2D eigenvalue weighted by Crippen LogP contribution is -2.30. The summed E-state index contributed by atoms with van der Waals surface area (Å²) in [5.74, 6) is -0.692. The van der Waals surface area contributed by atoms with Crippen molar-refractivity contribution in [3.63, 3.8) is 0 Å². The van der Waals surface area contributed by atoms with Crippen molar-refractivity contribution in [3.8, 4) is 11.3 Å². The van der Waals surface area contributed by atoms with E-state index < -0.39 is 5.82 Å². The second-order valence-corrected chi connectivity index (χ2v) is 7.66. The number of fused-ring (bicyclic) bond motifs is 1. The SMILES string of the molecule is CC(C)NC(=O)c1cnccc1Nc1cc(-c2cc(Cl)ccc2F)nc2ncccc12. The van der Waals surface area contributed by atoms with Crippen molar-refractivity contribution < 1.29 is 9.18 Å². The van der Waals surface area contributed by atoms with Crippen LogP contribution in [-0.2, 0) is 0 Å². The van der Waals surface area contributed by atoms with E-state index in [1.54, 1.807) is 30.6 Å². The summed E-state index contributed by atoms with van der Waals surface area (Å²) in [5.41, 5.74) is 2.63. The summed E-state index contributed by atoms with van der Waals surface area (Å²) in [5, 5.41) is 7.26. The fourth-order valence-corrected chi connectivity index (χ4v) is 3.33. The predicted molar refractivity (Wildman–Crippen MR) is 120 cm³/mol. The maximum Gasteiger partial charge on any atom is 0.255 e. The summed E-state index contributed by atoms with van der Waals surface area (Å²) in [7, 11) is 0. The molecule has 0 spiro atoms. The van der Waals surface area contributed by atoms with E-state index in [-0.39, 0.29) is 17.5 Å². The molecule has 6 nitrogen and oxygen atoms in total. The molecule has 1 aromatic carbocycles. The van der Waals surface area contributed by atoms with Crippen molar-refractivity contribution in [2.75, 3.05) is 5.32 Å². The fourth-order valence-electron chi connectivity index (χ4n) is 3.16. The van der Waals surface area contributed by atoms with Crippen molar-refractivity contribution in [1.82, 2.24) is 20.3 Å². The van der Waals surface area contributed by atoms with Gasteiger partial charge in [0, 0.05) is 40.6 Å². The quantitative estimate of drug-likeness (QED) is 0.440. The summed E-state index contributed by atoms with van der Waals surface area (Å²) < 4.78 is 14.5. The van der Waals surface area contributed by atoms with Crippen molar-refractivity contribution in [2.24, 2.45) is 0 Å². The van der Waals surface area contributed by atoms with Gasteiger partial charge < -0.3 is 10.6 Å². The highest BCUT2D eigenvalue weighted by molar-refractivity contribution is 6.30. The minimum atomic E-state index is -0.445. The van der Waals surface area contributed by atoms with Gasteiger partial charge in [-0.1, -0.05) is 11.6 Å². The smallest absolute Gasteiger partial charge is 0.255 e. The van der Waals surface area contributed by atoms with Crippen molar-refractivity contribution in [2.45, 2.75) is 19.9 Å². The zero-order valence-corrected chi connectivity index (χ0v) is 17.6. The van der Waals surface area contributed by atoms with Crippen LogP contribution in [0, 0.1) is 5.82 Å². The minimum absolute atomic E-state index is 0.0241. The normalized spacial score (nSPS) is 11.0. The molecule has 156 valence electrons. The number of amides is 1. The molecule has 4 aromatic rings. The van der Waals surface area contributed by atoms with Crippen molar-refractivity contribution in [3.05, 3.63) is 77.5 Å². The molecular weight excluding hydrogens is 417 g/mol. The van der Waals surface area contributed by atoms with Crippen LogP contribution >= 0.6 is 11.6 Å². The molecule has 0 bridgehead atoms. The Labute approximate surface area is 183 Å². The molecule has 0 fully saturated rings. The van der Waals surface area contributed by atoms with Gasteiger partial charge in [0.25, 0.3) is 5.91 Å². The number of hydrogen-bond donors (Lipinski definition) is 2. The maximum atomic E-state index is 14.5. The van der Waals surface area contributed by atoms with Crippen LogP contribution in [0.4, 0.5) is 15.8 Å². The number of rotatable bonds is 5.